The van der Waals surface area contributed by atoms with Gasteiger partial charge >= 0.3 is 0 Å². The molecule has 1 heterocycles. The van der Waals surface area contributed by atoms with Gasteiger partial charge < -0.3 is 0 Å². The fourth-order valence-electron chi connectivity index (χ4n) is 2.08. The highest BCUT2D eigenvalue weighted by Gasteiger charge is 2.28. The minimum Gasteiger partial charge on any atom is -0.285 e. The van der Waals surface area contributed by atoms with E-state index in [0.29, 0.717) is 17.5 Å². The van der Waals surface area contributed by atoms with Crippen molar-refractivity contribution in [1.82, 2.24) is 4.90 Å². The molecule has 0 radical (unpaired) electrons. The lowest BCUT2D eigenvalue weighted by atomic mass is 10.2. The molecule has 0 atom stereocenters. The summed E-state index contributed by atoms with van der Waals surface area (Å²) in [5.41, 5.74) is 2.06. The van der Waals surface area contributed by atoms with Crippen molar-refractivity contribution in [3.63, 3.8) is 0 Å². The summed E-state index contributed by atoms with van der Waals surface area (Å²) in [6.07, 6.45) is 1.69. The van der Waals surface area contributed by atoms with Crippen LogP contribution in [0, 0.1) is 0 Å². The van der Waals surface area contributed by atoms with E-state index < -0.39 is 0 Å². The maximum absolute atomic E-state index is 12.0. The predicted octanol–water partition coefficient (Wildman–Crippen LogP) is 3.15. The van der Waals surface area contributed by atoms with Crippen LogP contribution in [-0.4, -0.2) is 27.9 Å². The van der Waals surface area contributed by atoms with Gasteiger partial charge in [-0.2, -0.15) is 5.10 Å². The molecule has 110 valence electrons. The highest BCUT2D eigenvalue weighted by atomic mass is 32.2. The van der Waals surface area contributed by atoms with Crippen LogP contribution >= 0.6 is 11.8 Å². The SMILES string of the molecule is O=C1CS/C(=N\N=C\c2ccccc2)N1Cc1ccccc1. The summed E-state index contributed by atoms with van der Waals surface area (Å²) < 4.78 is 0. The first-order valence-electron chi connectivity index (χ1n) is 6.96. The summed E-state index contributed by atoms with van der Waals surface area (Å²) in [4.78, 5) is 13.7. The second kappa shape index (κ2) is 7.04. The van der Waals surface area contributed by atoms with E-state index in [4.69, 9.17) is 0 Å². The van der Waals surface area contributed by atoms with Gasteiger partial charge in [0.05, 0.1) is 18.5 Å². The van der Waals surface area contributed by atoms with Crippen LogP contribution in [0.5, 0.6) is 0 Å². The van der Waals surface area contributed by atoms with Crippen LogP contribution in [0.25, 0.3) is 0 Å². The summed E-state index contributed by atoms with van der Waals surface area (Å²) in [6, 6.07) is 19.7. The lowest BCUT2D eigenvalue weighted by molar-refractivity contribution is -0.124. The number of thioether (sulfide) groups is 1. The molecule has 0 spiro atoms. The average Bonchev–Trinajstić information content (AvgIpc) is 2.90. The minimum atomic E-state index is 0.0718. The van der Waals surface area contributed by atoms with Gasteiger partial charge in [-0.1, -0.05) is 72.4 Å². The molecule has 0 bridgehead atoms. The Bertz CT molecular complexity index is 698. The van der Waals surface area contributed by atoms with Gasteiger partial charge in [-0.15, -0.1) is 5.10 Å². The smallest absolute Gasteiger partial charge is 0.239 e. The molecule has 1 fully saturated rings. The number of hydrogen-bond donors (Lipinski definition) is 0. The van der Waals surface area contributed by atoms with Crippen molar-refractivity contribution in [2.75, 3.05) is 5.75 Å². The Morgan fingerprint density at radius 2 is 1.73 bits per heavy atom. The van der Waals surface area contributed by atoms with Gasteiger partial charge in [0.1, 0.15) is 0 Å². The van der Waals surface area contributed by atoms with Gasteiger partial charge in [-0.05, 0) is 11.1 Å². The number of hydrogen-bond acceptors (Lipinski definition) is 4. The third-order valence-corrected chi connectivity index (χ3v) is 4.14. The molecule has 4 nitrogen and oxygen atoms in total. The molecule has 1 saturated heterocycles. The van der Waals surface area contributed by atoms with Crippen molar-refractivity contribution in [3.05, 3.63) is 71.8 Å². The average molecular weight is 309 g/mol. The predicted molar refractivity (Wildman–Crippen MR) is 90.9 cm³/mol. The molecule has 1 aliphatic rings. The van der Waals surface area contributed by atoms with E-state index in [9.17, 15) is 4.79 Å². The quantitative estimate of drug-likeness (QED) is 0.643. The molecule has 0 unspecified atom stereocenters. The zero-order chi connectivity index (χ0) is 15.2. The summed E-state index contributed by atoms with van der Waals surface area (Å²) in [7, 11) is 0. The molecule has 1 aliphatic heterocycles. The number of amidine groups is 1. The first-order valence-corrected chi connectivity index (χ1v) is 7.94. The standard InChI is InChI=1S/C17H15N3OS/c21-16-13-22-17(19-18-11-14-7-3-1-4-8-14)20(16)12-15-9-5-2-6-10-15/h1-11H,12-13H2/b18-11+,19-17-. The molecule has 2 aromatic rings. The van der Waals surface area contributed by atoms with E-state index in [1.54, 1.807) is 11.1 Å². The summed E-state index contributed by atoms with van der Waals surface area (Å²) in [5, 5.41) is 8.95. The zero-order valence-electron chi connectivity index (χ0n) is 11.9. The summed E-state index contributed by atoms with van der Waals surface area (Å²) in [5.74, 6) is 0.495. The third kappa shape index (κ3) is 3.62. The monoisotopic (exact) mass is 309 g/mol. The highest BCUT2D eigenvalue weighted by molar-refractivity contribution is 8.15. The van der Waals surface area contributed by atoms with Crippen LogP contribution in [0.1, 0.15) is 11.1 Å². The van der Waals surface area contributed by atoms with Crippen LogP contribution in [0.3, 0.4) is 0 Å². The summed E-state index contributed by atoms with van der Waals surface area (Å²) >= 11 is 1.43. The fraction of sp³-hybridized carbons (Fsp3) is 0.118. The maximum atomic E-state index is 12.0. The Morgan fingerprint density at radius 3 is 2.45 bits per heavy atom. The van der Waals surface area contributed by atoms with Crippen molar-refractivity contribution in [2.24, 2.45) is 10.2 Å². The van der Waals surface area contributed by atoms with Gasteiger partial charge in [0, 0.05) is 0 Å². The highest BCUT2D eigenvalue weighted by Crippen LogP contribution is 2.21. The van der Waals surface area contributed by atoms with Crippen molar-refractivity contribution in [2.45, 2.75) is 6.54 Å². The second-order valence-corrected chi connectivity index (χ2v) is 5.73. The molecule has 0 saturated carbocycles. The normalized spacial score (nSPS) is 16.8. The van der Waals surface area contributed by atoms with Crippen LogP contribution in [-0.2, 0) is 11.3 Å². The first kappa shape index (κ1) is 14.5. The molecule has 0 aromatic heterocycles. The molecule has 1 amide bonds. The van der Waals surface area contributed by atoms with Crippen LogP contribution < -0.4 is 0 Å². The topological polar surface area (TPSA) is 45.0 Å². The third-order valence-electron chi connectivity index (χ3n) is 3.19. The summed E-state index contributed by atoms with van der Waals surface area (Å²) in [6.45, 7) is 0.534. The van der Waals surface area contributed by atoms with Gasteiger partial charge in [-0.25, -0.2) is 0 Å². The van der Waals surface area contributed by atoms with E-state index in [1.165, 1.54) is 11.8 Å². The Balaban J connectivity index is 1.73. The molecule has 0 N–H and O–H groups in total. The van der Waals surface area contributed by atoms with Gasteiger partial charge in [0.2, 0.25) is 5.91 Å². The maximum Gasteiger partial charge on any atom is 0.239 e. The van der Waals surface area contributed by atoms with Crippen LogP contribution in [0.15, 0.2) is 70.9 Å². The molecule has 22 heavy (non-hydrogen) atoms. The van der Waals surface area contributed by atoms with E-state index in [-0.39, 0.29) is 5.91 Å². The Morgan fingerprint density at radius 1 is 1.05 bits per heavy atom. The lowest BCUT2D eigenvalue weighted by Gasteiger charge is -2.14. The van der Waals surface area contributed by atoms with Crippen molar-refractivity contribution in [1.29, 1.82) is 0 Å². The molecule has 5 heteroatoms. The van der Waals surface area contributed by atoms with E-state index in [0.717, 1.165) is 11.1 Å². The van der Waals surface area contributed by atoms with E-state index >= 15 is 0 Å². The van der Waals surface area contributed by atoms with Crippen LogP contribution in [0.4, 0.5) is 0 Å². The number of carbonyl (C=O) groups is 1. The zero-order valence-corrected chi connectivity index (χ0v) is 12.7. The number of carbonyl (C=O) groups excluding carboxylic acids is 1. The molecule has 0 aliphatic carbocycles. The largest absolute Gasteiger partial charge is 0.285 e. The van der Waals surface area contributed by atoms with Gasteiger partial charge in [0.15, 0.2) is 5.17 Å². The van der Waals surface area contributed by atoms with Gasteiger partial charge in [0.25, 0.3) is 0 Å². The molecular weight excluding hydrogens is 294 g/mol. The van der Waals surface area contributed by atoms with E-state index in [1.807, 2.05) is 60.7 Å². The molecule has 2 aromatic carbocycles. The Hall–Kier alpha value is -2.40. The molecule has 3 rings (SSSR count). The van der Waals surface area contributed by atoms with E-state index in [2.05, 4.69) is 10.2 Å². The first-order chi connectivity index (χ1) is 10.8. The van der Waals surface area contributed by atoms with Crippen LogP contribution in [0.2, 0.25) is 0 Å². The Kier molecular flexibility index (Phi) is 4.65. The number of benzene rings is 2. The minimum absolute atomic E-state index is 0.0718. The fourth-order valence-corrected chi connectivity index (χ4v) is 2.91. The lowest BCUT2D eigenvalue weighted by Crippen LogP contribution is -2.28. The van der Waals surface area contributed by atoms with Crippen molar-refractivity contribution < 1.29 is 4.79 Å². The number of rotatable bonds is 4. The van der Waals surface area contributed by atoms with Crippen molar-refractivity contribution >= 4 is 29.1 Å². The molecular formula is C17H15N3OS. The van der Waals surface area contributed by atoms with Crippen molar-refractivity contribution in [3.8, 4) is 0 Å². The van der Waals surface area contributed by atoms with Gasteiger partial charge in [-0.3, -0.25) is 9.69 Å². The second-order valence-electron chi connectivity index (χ2n) is 4.79. The Labute approximate surface area is 133 Å². The number of nitrogens with zero attached hydrogens (tertiary/aromatic N) is 3. The number of amides is 1.